The van der Waals surface area contributed by atoms with Crippen LogP contribution in [0.2, 0.25) is 0 Å². The molecule has 3 heterocycles. The van der Waals surface area contributed by atoms with E-state index < -0.39 is 0 Å². The van der Waals surface area contributed by atoms with Crippen LogP contribution >= 0.6 is 35.7 Å². The van der Waals surface area contributed by atoms with E-state index in [2.05, 4.69) is 23.4 Å². The molecule has 0 aromatic carbocycles. The quantitative estimate of drug-likeness (QED) is 0.379. The summed E-state index contributed by atoms with van der Waals surface area (Å²) in [5, 5.41) is 3.53. The first-order valence-corrected chi connectivity index (χ1v) is 10.7. The van der Waals surface area contributed by atoms with Gasteiger partial charge in [-0.15, -0.1) is 24.0 Å². The second-order valence-corrected chi connectivity index (χ2v) is 8.73. The third-order valence-corrected chi connectivity index (χ3v) is 7.38. The van der Waals surface area contributed by atoms with Crippen molar-refractivity contribution in [1.82, 2.24) is 10.2 Å². The van der Waals surface area contributed by atoms with E-state index in [1.807, 2.05) is 11.8 Å². The minimum Gasteiger partial charge on any atom is -0.381 e. The van der Waals surface area contributed by atoms with E-state index in [1.165, 1.54) is 19.3 Å². The van der Waals surface area contributed by atoms with Crippen LogP contribution < -0.4 is 5.32 Å². The van der Waals surface area contributed by atoms with E-state index in [0.717, 1.165) is 71.4 Å². The number of nitrogens with one attached hydrogen (secondary N) is 1. The van der Waals surface area contributed by atoms with Gasteiger partial charge in [0.25, 0.3) is 0 Å². The molecule has 3 aliphatic rings. The molecule has 0 radical (unpaired) electrons. The molecule has 3 aliphatic heterocycles. The lowest BCUT2D eigenvalue weighted by Crippen LogP contribution is -2.44. The molecule has 0 bridgehead atoms. The number of aliphatic imine (C=N–C) groups is 1. The van der Waals surface area contributed by atoms with Gasteiger partial charge in [-0.25, -0.2) is 0 Å². The van der Waals surface area contributed by atoms with Crippen LogP contribution in [-0.4, -0.2) is 74.5 Å². The minimum absolute atomic E-state index is 0. The molecular formula is C18H34IN3O2S. The van der Waals surface area contributed by atoms with Gasteiger partial charge in [0.1, 0.15) is 0 Å². The van der Waals surface area contributed by atoms with Crippen LogP contribution in [0.3, 0.4) is 0 Å². The van der Waals surface area contributed by atoms with Gasteiger partial charge < -0.3 is 19.7 Å². The Morgan fingerprint density at radius 3 is 2.32 bits per heavy atom. The third-order valence-electron chi connectivity index (χ3n) is 5.98. The van der Waals surface area contributed by atoms with Gasteiger partial charge in [0.05, 0.1) is 6.54 Å². The second kappa shape index (κ2) is 9.99. The Balaban J connectivity index is 0.00000225. The molecule has 7 heteroatoms. The number of hydrogen-bond acceptors (Lipinski definition) is 4. The maximum atomic E-state index is 5.58. The number of rotatable bonds is 4. The maximum Gasteiger partial charge on any atom is 0.193 e. The van der Waals surface area contributed by atoms with Crippen molar-refractivity contribution >= 4 is 41.7 Å². The van der Waals surface area contributed by atoms with Crippen LogP contribution in [0, 0.1) is 5.41 Å². The predicted octanol–water partition coefficient (Wildman–Crippen LogP) is 2.98. The molecule has 3 saturated heterocycles. The summed E-state index contributed by atoms with van der Waals surface area (Å²) >= 11 is 1.97. The number of hydrogen-bond donors (Lipinski definition) is 1. The average Bonchev–Trinajstić information content (AvgIpc) is 3.03. The van der Waals surface area contributed by atoms with Crippen LogP contribution in [0.1, 0.15) is 39.0 Å². The molecule has 25 heavy (non-hydrogen) atoms. The summed E-state index contributed by atoms with van der Waals surface area (Å²) in [7, 11) is 0. The van der Waals surface area contributed by atoms with Crippen LogP contribution in [0.5, 0.6) is 0 Å². The highest BCUT2D eigenvalue weighted by molar-refractivity contribution is 14.0. The summed E-state index contributed by atoms with van der Waals surface area (Å²) in [6.45, 7) is 9.86. The molecule has 1 N–H and O–H groups in total. The summed E-state index contributed by atoms with van der Waals surface area (Å²) in [4.78, 5) is 7.55. The highest BCUT2D eigenvalue weighted by Crippen LogP contribution is 2.40. The molecule has 1 spiro atoms. The number of likely N-dealkylation sites (tertiary alicyclic amines) is 1. The van der Waals surface area contributed by atoms with Crippen molar-refractivity contribution in [1.29, 1.82) is 0 Å². The Morgan fingerprint density at radius 1 is 1.08 bits per heavy atom. The highest BCUT2D eigenvalue weighted by atomic mass is 127. The highest BCUT2D eigenvalue weighted by Gasteiger charge is 2.40. The Morgan fingerprint density at radius 2 is 1.72 bits per heavy atom. The van der Waals surface area contributed by atoms with Crippen molar-refractivity contribution in [2.45, 2.75) is 43.8 Å². The van der Waals surface area contributed by atoms with Gasteiger partial charge in [0.15, 0.2) is 5.96 Å². The lowest BCUT2D eigenvalue weighted by molar-refractivity contribution is 0.0217. The monoisotopic (exact) mass is 483 g/mol. The van der Waals surface area contributed by atoms with Crippen molar-refractivity contribution in [2.24, 2.45) is 10.4 Å². The van der Waals surface area contributed by atoms with E-state index in [4.69, 9.17) is 14.5 Å². The molecule has 0 amide bonds. The molecular weight excluding hydrogens is 449 g/mol. The third kappa shape index (κ3) is 5.39. The Hall–Kier alpha value is 0.270. The van der Waals surface area contributed by atoms with Crippen LogP contribution in [0.25, 0.3) is 0 Å². The smallest absolute Gasteiger partial charge is 0.193 e. The summed E-state index contributed by atoms with van der Waals surface area (Å²) in [6.07, 6.45) is 8.13. The van der Waals surface area contributed by atoms with Gasteiger partial charge in [0, 0.05) is 50.8 Å². The fourth-order valence-electron chi connectivity index (χ4n) is 4.14. The van der Waals surface area contributed by atoms with Crippen LogP contribution in [-0.2, 0) is 9.47 Å². The molecule has 0 aromatic rings. The number of ether oxygens (including phenoxy) is 2. The minimum atomic E-state index is 0. The van der Waals surface area contributed by atoms with Gasteiger partial charge in [0.2, 0.25) is 0 Å². The van der Waals surface area contributed by atoms with Gasteiger partial charge in [-0.2, -0.15) is 11.8 Å². The molecule has 146 valence electrons. The fraction of sp³-hybridized carbons (Fsp3) is 0.944. The fourth-order valence-corrected chi connectivity index (χ4v) is 4.91. The van der Waals surface area contributed by atoms with Crippen LogP contribution in [0.15, 0.2) is 4.99 Å². The van der Waals surface area contributed by atoms with Crippen molar-refractivity contribution in [2.75, 3.05) is 58.9 Å². The number of guanidine groups is 1. The molecule has 3 fully saturated rings. The zero-order valence-electron chi connectivity index (χ0n) is 15.7. The molecule has 0 saturated carbocycles. The second-order valence-electron chi connectivity index (χ2n) is 7.45. The summed E-state index contributed by atoms with van der Waals surface area (Å²) in [6, 6.07) is 0. The maximum absolute atomic E-state index is 5.58. The topological polar surface area (TPSA) is 46.1 Å². The Labute approximate surface area is 174 Å². The van der Waals surface area contributed by atoms with E-state index >= 15 is 0 Å². The van der Waals surface area contributed by atoms with Crippen LogP contribution in [0.4, 0.5) is 0 Å². The van der Waals surface area contributed by atoms with Gasteiger partial charge >= 0.3 is 0 Å². The first-order chi connectivity index (χ1) is 11.7. The normalized spacial score (nSPS) is 25.7. The molecule has 5 nitrogen and oxygen atoms in total. The first kappa shape index (κ1) is 21.6. The van der Waals surface area contributed by atoms with Crippen molar-refractivity contribution in [3.8, 4) is 0 Å². The molecule has 0 atom stereocenters. The summed E-state index contributed by atoms with van der Waals surface area (Å²) < 4.78 is 11.4. The standard InChI is InChI=1S/C18H33N3O2S.HI/c1-3-19-16(20-14-18(24-2)7-12-23-13-8-18)21-9-4-17(15-21)5-10-22-11-6-17;/h3-15H2,1-2H3,(H,19,20);1H. The first-order valence-electron chi connectivity index (χ1n) is 9.45. The lowest BCUT2D eigenvalue weighted by atomic mass is 9.80. The van der Waals surface area contributed by atoms with Crippen molar-refractivity contribution in [3.63, 3.8) is 0 Å². The largest absolute Gasteiger partial charge is 0.381 e. The zero-order chi connectivity index (χ0) is 16.9. The summed E-state index contributed by atoms with van der Waals surface area (Å²) in [5.74, 6) is 1.11. The van der Waals surface area contributed by atoms with Gasteiger partial charge in [-0.3, -0.25) is 4.99 Å². The summed E-state index contributed by atoms with van der Waals surface area (Å²) in [5.41, 5.74) is 0.463. The molecule has 0 aliphatic carbocycles. The lowest BCUT2D eigenvalue weighted by Gasteiger charge is -2.35. The van der Waals surface area contributed by atoms with E-state index in [1.54, 1.807) is 0 Å². The number of halogens is 1. The SMILES string of the molecule is CCNC(=NCC1(SC)CCOCC1)N1CCC2(CCOCC2)C1.I. The molecule has 3 rings (SSSR count). The van der Waals surface area contributed by atoms with E-state index in [9.17, 15) is 0 Å². The van der Waals surface area contributed by atoms with E-state index in [-0.39, 0.29) is 28.7 Å². The van der Waals surface area contributed by atoms with Gasteiger partial charge in [-0.1, -0.05) is 0 Å². The zero-order valence-corrected chi connectivity index (χ0v) is 18.9. The number of nitrogens with zero attached hydrogens (tertiary/aromatic N) is 2. The van der Waals surface area contributed by atoms with Crippen molar-refractivity contribution in [3.05, 3.63) is 0 Å². The van der Waals surface area contributed by atoms with E-state index in [0.29, 0.717) is 5.41 Å². The predicted molar refractivity (Wildman–Crippen MR) is 116 cm³/mol. The Kier molecular flexibility index (Phi) is 8.62. The number of thioether (sulfide) groups is 1. The molecule has 0 unspecified atom stereocenters. The van der Waals surface area contributed by atoms with Crippen molar-refractivity contribution < 1.29 is 9.47 Å². The average molecular weight is 483 g/mol. The Bertz CT molecular complexity index is 438. The molecule has 0 aromatic heterocycles. The van der Waals surface area contributed by atoms with Gasteiger partial charge in [-0.05, 0) is 50.7 Å².